The van der Waals surface area contributed by atoms with E-state index in [1.54, 1.807) is 30.3 Å². The number of ether oxygens (including phenoxy) is 3. The van der Waals surface area contributed by atoms with Crippen LogP contribution in [-0.2, 0) is 19.1 Å². The van der Waals surface area contributed by atoms with E-state index in [2.05, 4.69) is 9.47 Å². The lowest BCUT2D eigenvalue weighted by Crippen LogP contribution is -2.24. The van der Waals surface area contributed by atoms with Gasteiger partial charge in [0, 0.05) is 6.92 Å². The number of esters is 1. The molecule has 0 radical (unpaired) electrons. The van der Waals surface area contributed by atoms with Crippen LogP contribution in [0.1, 0.15) is 13.3 Å². The molecule has 1 unspecified atom stereocenters. The summed E-state index contributed by atoms with van der Waals surface area (Å²) in [6, 6.07) is 8.16. The largest absolute Gasteiger partial charge is 0.516 e. The van der Waals surface area contributed by atoms with Gasteiger partial charge in [0.15, 0.2) is 0 Å². The van der Waals surface area contributed by atoms with Crippen LogP contribution >= 0.6 is 0 Å². The van der Waals surface area contributed by atoms with Crippen molar-refractivity contribution in [3.05, 3.63) is 30.3 Å². The van der Waals surface area contributed by atoms with Crippen molar-refractivity contribution in [2.24, 2.45) is 0 Å². The number of rotatable bonds is 5. The Labute approximate surface area is 108 Å². The van der Waals surface area contributed by atoms with Gasteiger partial charge in [0.25, 0.3) is 0 Å². The van der Waals surface area contributed by atoms with E-state index < -0.39 is 30.8 Å². The minimum Gasteiger partial charge on any atom is -0.481 e. The summed E-state index contributed by atoms with van der Waals surface area (Å²) in [5.41, 5.74) is 0. The number of hydrogen-bond acceptors (Lipinski definition) is 6. The second kappa shape index (κ2) is 7.00. The fourth-order valence-corrected chi connectivity index (χ4v) is 1.12. The molecule has 1 aromatic carbocycles. The standard InChI is InChI=1S/C12H12O7/c1-8(17-11(15)7-10(13)14)18-12(16)19-9-5-3-2-4-6-9/h2-6,8H,7H2,1H3,(H,13,14). The fraction of sp³-hybridized carbons (Fsp3) is 0.250. The molecule has 1 aromatic rings. The Morgan fingerprint density at radius 3 is 2.37 bits per heavy atom. The summed E-state index contributed by atoms with van der Waals surface area (Å²) in [5.74, 6) is -2.06. The van der Waals surface area contributed by atoms with Crippen LogP contribution in [0.3, 0.4) is 0 Å². The Balaban J connectivity index is 2.36. The lowest BCUT2D eigenvalue weighted by atomic mass is 10.3. The third-order valence-electron chi connectivity index (χ3n) is 1.80. The van der Waals surface area contributed by atoms with Crippen molar-refractivity contribution in [3.8, 4) is 5.75 Å². The van der Waals surface area contributed by atoms with E-state index in [0.717, 1.165) is 0 Å². The van der Waals surface area contributed by atoms with Crippen LogP contribution in [0.5, 0.6) is 5.75 Å². The van der Waals surface area contributed by atoms with E-state index in [0.29, 0.717) is 0 Å². The molecule has 0 amide bonds. The topological polar surface area (TPSA) is 99.1 Å². The highest BCUT2D eigenvalue weighted by Crippen LogP contribution is 2.10. The molecule has 0 saturated heterocycles. The summed E-state index contributed by atoms with van der Waals surface area (Å²) in [7, 11) is 0. The van der Waals surface area contributed by atoms with Crippen LogP contribution in [0, 0.1) is 0 Å². The first-order valence-electron chi connectivity index (χ1n) is 5.32. The van der Waals surface area contributed by atoms with E-state index in [9.17, 15) is 14.4 Å². The number of benzene rings is 1. The van der Waals surface area contributed by atoms with Crippen molar-refractivity contribution >= 4 is 18.1 Å². The van der Waals surface area contributed by atoms with Crippen LogP contribution in [0.4, 0.5) is 4.79 Å². The van der Waals surface area contributed by atoms with Crippen LogP contribution in [0.2, 0.25) is 0 Å². The van der Waals surface area contributed by atoms with Crippen LogP contribution in [0.25, 0.3) is 0 Å². The summed E-state index contributed by atoms with van der Waals surface area (Å²) >= 11 is 0. The Bertz CT molecular complexity index is 454. The molecule has 7 nitrogen and oxygen atoms in total. The number of para-hydroxylation sites is 1. The summed E-state index contributed by atoms with van der Waals surface area (Å²) in [6.45, 7) is 1.27. The molecule has 19 heavy (non-hydrogen) atoms. The van der Waals surface area contributed by atoms with Gasteiger partial charge < -0.3 is 19.3 Å². The van der Waals surface area contributed by atoms with E-state index in [-0.39, 0.29) is 5.75 Å². The van der Waals surface area contributed by atoms with E-state index >= 15 is 0 Å². The lowest BCUT2D eigenvalue weighted by Gasteiger charge is -2.13. The van der Waals surface area contributed by atoms with E-state index in [1.165, 1.54) is 6.92 Å². The number of carbonyl (C=O) groups excluding carboxylic acids is 2. The Morgan fingerprint density at radius 1 is 1.16 bits per heavy atom. The third-order valence-corrected chi connectivity index (χ3v) is 1.80. The third kappa shape index (κ3) is 6.06. The molecule has 0 heterocycles. The summed E-state index contributed by atoms with van der Waals surface area (Å²) in [5, 5.41) is 8.34. The van der Waals surface area contributed by atoms with Crippen LogP contribution in [-0.4, -0.2) is 29.5 Å². The zero-order chi connectivity index (χ0) is 14.3. The second-order valence-corrected chi connectivity index (χ2v) is 3.41. The minimum absolute atomic E-state index is 0.275. The minimum atomic E-state index is -1.33. The highest BCUT2D eigenvalue weighted by molar-refractivity contribution is 5.90. The molecule has 0 saturated carbocycles. The summed E-state index contributed by atoms with van der Waals surface area (Å²) in [6.07, 6.45) is -3.09. The van der Waals surface area contributed by atoms with E-state index in [1.807, 2.05) is 0 Å². The summed E-state index contributed by atoms with van der Waals surface area (Å²) < 4.78 is 13.9. The van der Waals surface area contributed by atoms with Gasteiger partial charge >= 0.3 is 18.1 Å². The van der Waals surface area contributed by atoms with Crippen molar-refractivity contribution in [2.45, 2.75) is 19.6 Å². The highest BCUT2D eigenvalue weighted by atomic mass is 16.8. The molecule has 0 fully saturated rings. The molecule has 1 N–H and O–H groups in total. The summed E-state index contributed by atoms with van der Waals surface area (Å²) in [4.78, 5) is 32.5. The molecule has 0 aliphatic rings. The maximum atomic E-state index is 11.3. The average molecular weight is 268 g/mol. The first-order chi connectivity index (χ1) is 8.97. The Kier molecular flexibility index (Phi) is 5.34. The SMILES string of the molecule is CC(OC(=O)CC(=O)O)OC(=O)Oc1ccccc1. The molecule has 0 aliphatic carbocycles. The molecule has 0 aromatic heterocycles. The maximum absolute atomic E-state index is 11.3. The first-order valence-corrected chi connectivity index (χ1v) is 5.32. The molecule has 0 spiro atoms. The molecule has 102 valence electrons. The van der Waals surface area contributed by atoms with Crippen molar-refractivity contribution in [1.82, 2.24) is 0 Å². The van der Waals surface area contributed by atoms with Gasteiger partial charge in [0.1, 0.15) is 12.2 Å². The fourth-order valence-electron chi connectivity index (χ4n) is 1.12. The van der Waals surface area contributed by atoms with Crippen molar-refractivity contribution in [1.29, 1.82) is 0 Å². The van der Waals surface area contributed by atoms with Crippen LogP contribution in [0.15, 0.2) is 30.3 Å². The predicted molar refractivity (Wildman–Crippen MR) is 61.4 cm³/mol. The number of carboxylic acids is 1. The molecule has 1 atom stereocenters. The quantitative estimate of drug-likeness (QED) is 0.374. The molecule has 7 heteroatoms. The first kappa shape index (κ1) is 14.5. The van der Waals surface area contributed by atoms with Gasteiger partial charge in [-0.2, -0.15) is 0 Å². The maximum Gasteiger partial charge on any atom is 0.516 e. The normalized spacial score (nSPS) is 11.2. The molecule has 0 aliphatic heterocycles. The molecule has 0 bridgehead atoms. The highest BCUT2D eigenvalue weighted by Gasteiger charge is 2.17. The average Bonchev–Trinajstić information content (AvgIpc) is 2.28. The molecular weight excluding hydrogens is 256 g/mol. The van der Waals surface area contributed by atoms with Crippen molar-refractivity contribution in [3.63, 3.8) is 0 Å². The smallest absolute Gasteiger partial charge is 0.481 e. The Hall–Kier alpha value is -2.57. The monoisotopic (exact) mass is 268 g/mol. The lowest BCUT2D eigenvalue weighted by molar-refractivity contribution is -0.169. The van der Waals surface area contributed by atoms with Gasteiger partial charge in [0.2, 0.25) is 6.29 Å². The molecular formula is C12H12O7. The Morgan fingerprint density at radius 2 is 1.79 bits per heavy atom. The number of hydrogen-bond donors (Lipinski definition) is 1. The molecule has 1 rings (SSSR count). The zero-order valence-corrected chi connectivity index (χ0v) is 10.1. The zero-order valence-electron chi connectivity index (χ0n) is 10.1. The van der Waals surface area contributed by atoms with Gasteiger partial charge in [0.05, 0.1) is 0 Å². The predicted octanol–water partition coefficient (Wildman–Crippen LogP) is 1.57. The number of carboxylic acid groups (broad SMARTS) is 1. The van der Waals surface area contributed by atoms with Gasteiger partial charge in [-0.05, 0) is 12.1 Å². The number of carbonyl (C=O) groups is 3. The number of aliphatic carboxylic acids is 1. The van der Waals surface area contributed by atoms with E-state index in [4.69, 9.17) is 9.84 Å². The van der Waals surface area contributed by atoms with Gasteiger partial charge in [-0.1, -0.05) is 18.2 Å². The van der Waals surface area contributed by atoms with Crippen LogP contribution < -0.4 is 4.74 Å². The van der Waals surface area contributed by atoms with Crippen molar-refractivity contribution in [2.75, 3.05) is 0 Å². The van der Waals surface area contributed by atoms with Gasteiger partial charge in [-0.15, -0.1) is 0 Å². The van der Waals surface area contributed by atoms with Crippen molar-refractivity contribution < 1.29 is 33.7 Å². The van der Waals surface area contributed by atoms with Gasteiger partial charge in [-0.3, -0.25) is 9.59 Å². The van der Waals surface area contributed by atoms with Gasteiger partial charge in [-0.25, -0.2) is 4.79 Å². The second-order valence-electron chi connectivity index (χ2n) is 3.41.